The molecular weight excluding hydrogens is 170 g/mol. The van der Waals surface area contributed by atoms with Gasteiger partial charge in [0.15, 0.2) is 0 Å². The Balaban J connectivity index is 2.63. The van der Waals surface area contributed by atoms with Crippen LogP contribution in [0.2, 0.25) is 0 Å². The second-order valence-corrected chi connectivity index (χ2v) is 4.14. The number of rotatable bonds is 4. The van der Waals surface area contributed by atoms with Crippen molar-refractivity contribution in [2.75, 3.05) is 11.9 Å². The molecule has 1 aromatic carbocycles. The summed E-state index contributed by atoms with van der Waals surface area (Å²) in [5, 5.41) is 3.50. The van der Waals surface area contributed by atoms with Crippen LogP contribution in [-0.2, 0) is 0 Å². The van der Waals surface area contributed by atoms with Gasteiger partial charge in [-0.15, -0.1) is 0 Å². The van der Waals surface area contributed by atoms with E-state index in [9.17, 15) is 0 Å². The van der Waals surface area contributed by atoms with Crippen LogP contribution in [0.1, 0.15) is 31.4 Å². The third-order valence-electron chi connectivity index (χ3n) is 2.94. The highest BCUT2D eigenvalue weighted by atomic mass is 14.9. The van der Waals surface area contributed by atoms with Crippen LogP contribution in [0.5, 0.6) is 0 Å². The molecule has 1 nitrogen and oxygen atoms in total. The molecule has 0 saturated carbocycles. The van der Waals surface area contributed by atoms with Gasteiger partial charge in [0.05, 0.1) is 0 Å². The van der Waals surface area contributed by atoms with E-state index < -0.39 is 0 Å². The highest BCUT2D eigenvalue weighted by Gasteiger charge is 2.01. The molecule has 0 aliphatic heterocycles. The van der Waals surface area contributed by atoms with Crippen molar-refractivity contribution < 1.29 is 0 Å². The fourth-order valence-corrected chi connectivity index (χ4v) is 1.37. The molecule has 0 radical (unpaired) electrons. The molecule has 0 aromatic heterocycles. The molecule has 0 aliphatic rings. The smallest absolute Gasteiger partial charge is 0.0372 e. The lowest BCUT2D eigenvalue weighted by Crippen LogP contribution is -2.11. The number of nitrogens with one attached hydrogen (secondary N) is 1. The summed E-state index contributed by atoms with van der Waals surface area (Å²) in [7, 11) is 0. The Labute approximate surface area is 87.5 Å². The second-order valence-electron chi connectivity index (χ2n) is 4.14. The molecule has 78 valence electrons. The molecule has 1 unspecified atom stereocenters. The van der Waals surface area contributed by atoms with Crippen molar-refractivity contribution in [3.63, 3.8) is 0 Å². The van der Waals surface area contributed by atoms with Crippen LogP contribution >= 0.6 is 0 Å². The highest BCUT2D eigenvalue weighted by molar-refractivity contribution is 5.53. The summed E-state index contributed by atoms with van der Waals surface area (Å²) >= 11 is 0. The maximum Gasteiger partial charge on any atom is 0.0372 e. The Morgan fingerprint density at radius 2 is 2.00 bits per heavy atom. The van der Waals surface area contributed by atoms with Crippen LogP contribution in [0.4, 0.5) is 5.69 Å². The summed E-state index contributed by atoms with van der Waals surface area (Å²) in [6, 6.07) is 6.43. The van der Waals surface area contributed by atoms with Crippen molar-refractivity contribution in [2.45, 2.75) is 34.1 Å². The summed E-state index contributed by atoms with van der Waals surface area (Å²) in [6.07, 6.45) is 1.23. The molecule has 14 heavy (non-hydrogen) atoms. The number of aryl methyl sites for hydroxylation is 1. The first-order valence-corrected chi connectivity index (χ1v) is 5.45. The topological polar surface area (TPSA) is 12.0 Å². The summed E-state index contributed by atoms with van der Waals surface area (Å²) in [6.45, 7) is 9.91. The van der Waals surface area contributed by atoms with Gasteiger partial charge in [0, 0.05) is 12.2 Å². The van der Waals surface area contributed by atoms with Gasteiger partial charge in [-0.2, -0.15) is 0 Å². The number of hydrogen-bond donors (Lipinski definition) is 1. The number of anilines is 1. The minimum atomic E-state index is 0.745. The van der Waals surface area contributed by atoms with E-state index in [1.807, 2.05) is 0 Å². The van der Waals surface area contributed by atoms with E-state index in [4.69, 9.17) is 0 Å². The van der Waals surface area contributed by atoms with Gasteiger partial charge in [0.25, 0.3) is 0 Å². The van der Waals surface area contributed by atoms with E-state index in [0.29, 0.717) is 0 Å². The zero-order valence-corrected chi connectivity index (χ0v) is 9.72. The number of hydrogen-bond acceptors (Lipinski definition) is 1. The largest absolute Gasteiger partial charge is 0.385 e. The minimum Gasteiger partial charge on any atom is -0.385 e. The molecule has 1 atom stereocenters. The van der Waals surface area contributed by atoms with E-state index >= 15 is 0 Å². The van der Waals surface area contributed by atoms with Gasteiger partial charge in [0.1, 0.15) is 0 Å². The third-order valence-corrected chi connectivity index (χ3v) is 2.94. The van der Waals surface area contributed by atoms with Gasteiger partial charge in [-0.1, -0.05) is 32.4 Å². The quantitative estimate of drug-likeness (QED) is 0.764. The fourth-order valence-electron chi connectivity index (χ4n) is 1.37. The lowest BCUT2D eigenvalue weighted by molar-refractivity contribution is 0.593. The lowest BCUT2D eigenvalue weighted by Gasteiger charge is -2.14. The Hall–Kier alpha value is -0.980. The second kappa shape index (κ2) is 5.04. The summed E-state index contributed by atoms with van der Waals surface area (Å²) in [4.78, 5) is 0. The summed E-state index contributed by atoms with van der Waals surface area (Å²) in [5.41, 5.74) is 4.01. The SMILES string of the molecule is CCC(C)CNc1cccc(C)c1C. The van der Waals surface area contributed by atoms with Crippen LogP contribution in [-0.4, -0.2) is 6.54 Å². The Morgan fingerprint density at radius 1 is 1.29 bits per heavy atom. The van der Waals surface area contributed by atoms with Gasteiger partial charge in [-0.05, 0) is 37.0 Å². The predicted octanol–water partition coefficient (Wildman–Crippen LogP) is 3.76. The first-order chi connectivity index (χ1) is 6.65. The van der Waals surface area contributed by atoms with Crippen molar-refractivity contribution in [3.8, 4) is 0 Å². The van der Waals surface area contributed by atoms with E-state index in [2.05, 4.69) is 51.2 Å². The lowest BCUT2D eigenvalue weighted by atomic mass is 10.1. The van der Waals surface area contributed by atoms with E-state index in [-0.39, 0.29) is 0 Å². The van der Waals surface area contributed by atoms with E-state index in [0.717, 1.165) is 12.5 Å². The van der Waals surface area contributed by atoms with Gasteiger partial charge in [-0.3, -0.25) is 0 Å². The molecule has 1 N–H and O–H groups in total. The monoisotopic (exact) mass is 191 g/mol. The minimum absolute atomic E-state index is 0.745. The molecule has 1 aromatic rings. The summed E-state index contributed by atoms with van der Waals surface area (Å²) in [5.74, 6) is 0.745. The van der Waals surface area contributed by atoms with Gasteiger partial charge < -0.3 is 5.32 Å². The van der Waals surface area contributed by atoms with Crippen LogP contribution in [0, 0.1) is 19.8 Å². The summed E-state index contributed by atoms with van der Waals surface area (Å²) < 4.78 is 0. The van der Waals surface area contributed by atoms with Crippen LogP contribution in [0.25, 0.3) is 0 Å². The maximum absolute atomic E-state index is 3.50. The van der Waals surface area contributed by atoms with Crippen LogP contribution < -0.4 is 5.32 Å². The van der Waals surface area contributed by atoms with Gasteiger partial charge >= 0.3 is 0 Å². The zero-order valence-electron chi connectivity index (χ0n) is 9.72. The van der Waals surface area contributed by atoms with Gasteiger partial charge in [0.2, 0.25) is 0 Å². The van der Waals surface area contributed by atoms with Crippen LogP contribution in [0.15, 0.2) is 18.2 Å². The van der Waals surface area contributed by atoms with Crippen molar-refractivity contribution in [2.24, 2.45) is 5.92 Å². The standard InChI is InChI=1S/C13H21N/c1-5-10(2)9-14-13-8-6-7-11(3)12(13)4/h6-8,10,14H,5,9H2,1-4H3. The Bertz CT molecular complexity index is 291. The predicted molar refractivity (Wildman–Crippen MR) is 63.9 cm³/mol. The molecule has 0 saturated heterocycles. The third kappa shape index (κ3) is 2.76. The van der Waals surface area contributed by atoms with E-state index in [1.54, 1.807) is 0 Å². The van der Waals surface area contributed by atoms with Gasteiger partial charge in [-0.25, -0.2) is 0 Å². The van der Waals surface area contributed by atoms with Crippen molar-refractivity contribution >= 4 is 5.69 Å². The molecular formula is C13H21N. The molecule has 0 heterocycles. The molecule has 0 aliphatic carbocycles. The first-order valence-electron chi connectivity index (χ1n) is 5.45. The van der Waals surface area contributed by atoms with E-state index in [1.165, 1.54) is 23.2 Å². The highest BCUT2D eigenvalue weighted by Crippen LogP contribution is 2.18. The number of benzene rings is 1. The average Bonchev–Trinajstić information content (AvgIpc) is 2.20. The average molecular weight is 191 g/mol. The Morgan fingerprint density at radius 3 is 2.64 bits per heavy atom. The molecule has 0 fully saturated rings. The zero-order chi connectivity index (χ0) is 10.6. The Kier molecular flexibility index (Phi) is 3.99. The molecule has 0 bridgehead atoms. The van der Waals surface area contributed by atoms with Crippen LogP contribution in [0.3, 0.4) is 0 Å². The molecule has 0 amide bonds. The maximum atomic E-state index is 3.50. The molecule has 0 spiro atoms. The van der Waals surface area contributed by atoms with Crippen molar-refractivity contribution in [1.29, 1.82) is 0 Å². The fraction of sp³-hybridized carbons (Fsp3) is 0.538. The molecule has 1 heteroatoms. The van der Waals surface area contributed by atoms with Crippen molar-refractivity contribution in [1.82, 2.24) is 0 Å². The normalized spacial score (nSPS) is 12.6. The van der Waals surface area contributed by atoms with Crippen molar-refractivity contribution in [3.05, 3.63) is 29.3 Å². The first kappa shape index (κ1) is 11.1. The molecule has 1 rings (SSSR count).